The monoisotopic (exact) mass is 406 g/mol. The summed E-state index contributed by atoms with van der Waals surface area (Å²) in [5.74, 6) is -1.35. The molecule has 4 aliphatic carbocycles. The van der Waals surface area contributed by atoms with Gasteiger partial charge in [0.05, 0.1) is 6.10 Å². The molecule has 160 valence electrons. The van der Waals surface area contributed by atoms with Gasteiger partial charge in [-0.15, -0.1) is 0 Å². The molecular weight excluding hydrogens is 375 g/mol. The van der Waals surface area contributed by atoms with Gasteiger partial charge in [-0.25, -0.2) is 4.39 Å². The van der Waals surface area contributed by atoms with Crippen LogP contribution in [0.25, 0.3) is 0 Å². The van der Waals surface area contributed by atoms with Crippen LogP contribution < -0.4 is 0 Å². The number of ether oxygens (including phenoxy) is 1. The van der Waals surface area contributed by atoms with Gasteiger partial charge in [0.15, 0.2) is 17.2 Å². The Hall–Kier alpha value is -1.56. The average molecular weight is 406 g/mol. The summed E-state index contributed by atoms with van der Waals surface area (Å²) < 4.78 is 22.6. The van der Waals surface area contributed by atoms with Crippen molar-refractivity contribution < 1.29 is 28.6 Å². The second-order valence-electron chi connectivity index (χ2n) is 10.1. The average Bonchev–Trinajstić information content (AvgIpc) is 2.90. The highest BCUT2D eigenvalue weighted by molar-refractivity contribution is 5.92. The van der Waals surface area contributed by atoms with Gasteiger partial charge in [0, 0.05) is 30.1 Å². The molecule has 3 saturated carbocycles. The quantitative estimate of drug-likeness (QED) is 0.710. The Kier molecular flexibility index (Phi) is 4.44. The number of hydrogen-bond donors (Lipinski definition) is 1. The molecule has 5 nitrogen and oxygen atoms in total. The zero-order valence-corrected chi connectivity index (χ0v) is 17.7. The van der Waals surface area contributed by atoms with Crippen molar-refractivity contribution in [3.63, 3.8) is 0 Å². The van der Waals surface area contributed by atoms with Gasteiger partial charge in [0.1, 0.15) is 5.67 Å². The third-order valence-electron chi connectivity index (χ3n) is 9.05. The van der Waals surface area contributed by atoms with E-state index in [0.717, 1.165) is 5.57 Å². The van der Waals surface area contributed by atoms with Gasteiger partial charge in [0.25, 0.3) is 0 Å². The Labute approximate surface area is 171 Å². The van der Waals surface area contributed by atoms with Crippen molar-refractivity contribution in [2.24, 2.45) is 22.7 Å². The molecule has 0 aromatic heterocycles. The Bertz CT molecular complexity index is 820. The van der Waals surface area contributed by atoms with Crippen LogP contribution in [0.15, 0.2) is 11.6 Å². The number of alkyl halides is 1. The fraction of sp³-hybridized carbons (Fsp3) is 0.783. The van der Waals surface area contributed by atoms with Crippen LogP contribution in [0.1, 0.15) is 72.6 Å². The van der Waals surface area contributed by atoms with E-state index < -0.39 is 40.1 Å². The number of fused-ring (bicyclic) bond motifs is 5. The first-order valence-electron chi connectivity index (χ1n) is 10.7. The number of esters is 1. The van der Waals surface area contributed by atoms with Crippen LogP contribution in [0.2, 0.25) is 0 Å². The van der Waals surface area contributed by atoms with Crippen LogP contribution in [-0.2, 0) is 19.1 Å². The predicted octanol–water partition coefficient (Wildman–Crippen LogP) is 3.47. The molecule has 0 aromatic carbocycles. The van der Waals surface area contributed by atoms with Crippen LogP contribution in [0.3, 0.4) is 0 Å². The number of carbonyl (C=O) groups excluding carboxylic acids is 3. The highest BCUT2D eigenvalue weighted by atomic mass is 19.1. The van der Waals surface area contributed by atoms with Gasteiger partial charge in [-0.3, -0.25) is 14.4 Å². The van der Waals surface area contributed by atoms with Gasteiger partial charge in [0.2, 0.25) is 0 Å². The second-order valence-corrected chi connectivity index (χ2v) is 10.1. The summed E-state index contributed by atoms with van der Waals surface area (Å²) in [6.45, 7) is 6.45. The Morgan fingerprint density at radius 2 is 1.83 bits per heavy atom. The molecule has 7 atom stereocenters. The first-order valence-corrected chi connectivity index (χ1v) is 10.7. The first-order chi connectivity index (χ1) is 13.4. The number of rotatable bonds is 2. The predicted molar refractivity (Wildman–Crippen MR) is 104 cm³/mol. The Balaban J connectivity index is 1.81. The second kappa shape index (κ2) is 6.22. The van der Waals surface area contributed by atoms with Gasteiger partial charge >= 0.3 is 5.97 Å². The van der Waals surface area contributed by atoms with Crippen molar-refractivity contribution in [3.8, 4) is 0 Å². The third kappa shape index (κ3) is 2.38. The smallest absolute Gasteiger partial charge is 0.303 e. The first kappa shape index (κ1) is 20.7. The molecule has 4 aliphatic rings. The van der Waals surface area contributed by atoms with Crippen LogP contribution in [0, 0.1) is 22.7 Å². The lowest BCUT2D eigenvalue weighted by molar-refractivity contribution is -0.231. The zero-order chi connectivity index (χ0) is 21.4. The SMILES string of the molecule is CC(=O)O[C@]1(C(C)=O)CC[C@@H]2[C@@H]3CCC4=CC(=O)CC[C@]4(C)[C@]3(F)[C@@H](O)C[C@@]21C. The van der Waals surface area contributed by atoms with Crippen molar-refractivity contribution in [1.82, 2.24) is 0 Å². The Morgan fingerprint density at radius 1 is 1.14 bits per heavy atom. The van der Waals surface area contributed by atoms with Gasteiger partial charge in [-0.05, 0) is 57.4 Å². The van der Waals surface area contributed by atoms with Crippen molar-refractivity contribution >= 4 is 17.5 Å². The summed E-state index contributed by atoms with van der Waals surface area (Å²) in [4.78, 5) is 36.6. The summed E-state index contributed by atoms with van der Waals surface area (Å²) >= 11 is 0. The number of aliphatic hydroxyl groups excluding tert-OH is 1. The van der Waals surface area contributed by atoms with Crippen LogP contribution in [0.5, 0.6) is 0 Å². The maximum atomic E-state index is 17.0. The minimum Gasteiger partial charge on any atom is -0.451 e. The number of halogens is 1. The van der Waals surface area contributed by atoms with E-state index in [-0.39, 0.29) is 30.3 Å². The summed E-state index contributed by atoms with van der Waals surface area (Å²) in [5, 5.41) is 11.3. The van der Waals surface area contributed by atoms with E-state index in [9.17, 15) is 19.5 Å². The number of allylic oxidation sites excluding steroid dienone is 1. The van der Waals surface area contributed by atoms with Crippen molar-refractivity contribution in [2.75, 3.05) is 0 Å². The van der Waals surface area contributed by atoms with E-state index in [1.807, 2.05) is 13.8 Å². The van der Waals surface area contributed by atoms with E-state index >= 15 is 4.39 Å². The molecule has 0 aromatic rings. The molecule has 0 unspecified atom stereocenters. The van der Waals surface area contributed by atoms with Gasteiger partial charge in [-0.2, -0.15) is 0 Å². The molecule has 0 aliphatic heterocycles. The molecule has 0 amide bonds. The number of aliphatic hydroxyl groups is 1. The van der Waals surface area contributed by atoms with E-state index in [1.54, 1.807) is 6.08 Å². The van der Waals surface area contributed by atoms with E-state index in [4.69, 9.17) is 4.74 Å². The molecule has 0 spiro atoms. The molecule has 6 heteroatoms. The van der Waals surface area contributed by atoms with E-state index in [2.05, 4.69) is 0 Å². The summed E-state index contributed by atoms with van der Waals surface area (Å²) in [6, 6.07) is 0. The molecule has 4 rings (SSSR count). The molecule has 0 heterocycles. The fourth-order valence-corrected chi connectivity index (χ4v) is 7.62. The van der Waals surface area contributed by atoms with Crippen molar-refractivity contribution in [3.05, 3.63) is 11.6 Å². The summed E-state index contributed by atoms with van der Waals surface area (Å²) in [7, 11) is 0. The highest BCUT2D eigenvalue weighted by Gasteiger charge is 2.75. The standard InChI is InChI=1S/C23H31FO5/c1-13(25)22(29-14(2)26)10-8-17-18-6-5-15-11-16(27)7-9-20(15,3)23(18,24)19(28)12-21(17,22)4/h11,17-19,28H,5-10,12H2,1-4H3/t17-,18+,19+,20+,21+,22+,23-/m1/s1. The topological polar surface area (TPSA) is 80.7 Å². The lowest BCUT2D eigenvalue weighted by atomic mass is 9.44. The van der Waals surface area contributed by atoms with Gasteiger partial charge < -0.3 is 9.84 Å². The normalized spacial score (nSPS) is 48.8. The van der Waals surface area contributed by atoms with Crippen LogP contribution in [0.4, 0.5) is 4.39 Å². The molecule has 0 radical (unpaired) electrons. The minimum atomic E-state index is -1.86. The molecule has 0 bridgehead atoms. The van der Waals surface area contributed by atoms with Crippen molar-refractivity contribution in [2.45, 2.75) is 90.0 Å². The maximum Gasteiger partial charge on any atom is 0.303 e. The molecule has 0 saturated heterocycles. The molecule has 1 N–H and O–H groups in total. The molecule has 3 fully saturated rings. The molecule has 29 heavy (non-hydrogen) atoms. The fourth-order valence-electron chi connectivity index (χ4n) is 7.62. The van der Waals surface area contributed by atoms with Crippen LogP contribution >= 0.6 is 0 Å². The summed E-state index contributed by atoms with van der Waals surface area (Å²) in [6.07, 6.45) is 3.15. The van der Waals surface area contributed by atoms with E-state index in [1.165, 1.54) is 13.8 Å². The molecular formula is C23H31FO5. The van der Waals surface area contributed by atoms with Gasteiger partial charge in [-0.1, -0.05) is 19.4 Å². The zero-order valence-electron chi connectivity index (χ0n) is 17.7. The lowest BCUT2D eigenvalue weighted by Gasteiger charge is -2.63. The lowest BCUT2D eigenvalue weighted by Crippen LogP contribution is -2.69. The number of Topliss-reactive ketones (excluding diaryl/α,β-unsaturated/α-hetero) is 1. The Morgan fingerprint density at radius 3 is 2.45 bits per heavy atom. The largest absolute Gasteiger partial charge is 0.451 e. The van der Waals surface area contributed by atoms with Crippen molar-refractivity contribution in [1.29, 1.82) is 0 Å². The highest BCUT2D eigenvalue weighted by Crippen LogP contribution is 2.70. The van der Waals surface area contributed by atoms with E-state index in [0.29, 0.717) is 32.1 Å². The third-order valence-corrected chi connectivity index (χ3v) is 9.05. The maximum absolute atomic E-state index is 17.0. The number of ketones is 2. The number of carbonyl (C=O) groups is 3. The number of hydrogen-bond acceptors (Lipinski definition) is 5. The minimum absolute atomic E-state index is 0.0287. The van der Waals surface area contributed by atoms with Crippen LogP contribution in [-0.4, -0.2) is 40.0 Å². The summed E-state index contributed by atoms with van der Waals surface area (Å²) in [5.41, 5.74) is -4.05.